The number of hydrogen-bond donors (Lipinski definition) is 1. The standard InChI is InChI=1S/C33H36N4O5S2/c1-6-7-15-36-30(35-20-23-8-11-24(40-3)12-9-23)25(21(2)26(19-34)31(36)38)18-29-32(39)37(33(43)44-29)16-14-22-10-13-27(41-4)28(17-22)42-5/h8-13,17-18,35H,6-7,14-16,20H2,1-5H3/b29-18+. The lowest BCUT2D eigenvalue weighted by atomic mass is 10.0. The maximum Gasteiger partial charge on any atom is 0.270 e. The summed E-state index contributed by atoms with van der Waals surface area (Å²) < 4.78 is 18.1. The Balaban J connectivity index is 1.68. The van der Waals surface area contributed by atoms with E-state index in [1.165, 1.54) is 11.8 Å². The Labute approximate surface area is 267 Å². The molecule has 9 nitrogen and oxygen atoms in total. The number of nitriles is 1. The average molecular weight is 633 g/mol. The van der Waals surface area contributed by atoms with E-state index in [1.807, 2.05) is 49.4 Å². The van der Waals surface area contributed by atoms with E-state index in [1.54, 1.807) is 43.8 Å². The van der Waals surface area contributed by atoms with Crippen molar-refractivity contribution < 1.29 is 19.0 Å². The van der Waals surface area contributed by atoms with E-state index in [2.05, 4.69) is 11.4 Å². The van der Waals surface area contributed by atoms with Gasteiger partial charge in [0.1, 0.15) is 27.5 Å². The number of carbonyl (C=O) groups excluding carboxylic acids is 1. The highest BCUT2D eigenvalue weighted by molar-refractivity contribution is 8.26. The quantitative estimate of drug-likeness (QED) is 0.182. The molecule has 0 spiro atoms. The summed E-state index contributed by atoms with van der Waals surface area (Å²) in [5, 5.41) is 13.4. The van der Waals surface area contributed by atoms with Crippen LogP contribution in [0.15, 0.2) is 52.2 Å². The van der Waals surface area contributed by atoms with Crippen molar-refractivity contribution in [2.75, 3.05) is 33.2 Å². The summed E-state index contributed by atoms with van der Waals surface area (Å²) in [5.74, 6) is 2.34. The van der Waals surface area contributed by atoms with Gasteiger partial charge in [0.25, 0.3) is 11.5 Å². The minimum absolute atomic E-state index is 0.0614. The summed E-state index contributed by atoms with van der Waals surface area (Å²) in [7, 11) is 4.78. The molecule has 1 saturated heterocycles. The van der Waals surface area contributed by atoms with Crippen molar-refractivity contribution in [2.24, 2.45) is 0 Å². The molecule has 0 radical (unpaired) electrons. The van der Waals surface area contributed by atoms with Gasteiger partial charge in [-0.3, -0.25) is 19.1 Å². The topological polar surface area (TPSA) is 106 Å². The lowest BCUT2D eigenvalue weighted by Gasteiger charge is -2.20. The predicted molar refractivity (Wildman–Crippen MR) is 179 cm³/mol. The number of thioether (sulfide) groups is 1. The molecule has 1 aliphatic rings. The Morgan fingerprint density at radius 3 is 2.34 bits per heavy atom. The second kappa shape index (κ2) is 14.9. The monoisotopic (exact) mass is 632 g/mol. The van der Waals surface area contributed by atoms with E-state index in [9.17, 15) is 14.9 Å². The zero-order chi connectivity index (χ0) is 31.8. The molecule has 3 aromatic rings. The van der Waals surface area contributed by atoms with Gasteiger partial charge in [0.05, 0.1) is 26.2 Å². The van der Waals surface area contributed by atoms with E-state index in [0.29, 0.717) is 63.7 Å². The van der Waals surface area contributed by atoms with Crippen LogP contribution in [0.4, 0.5) is 5.82 Å². The largest absolute Gasteiger partial charge is 0.497 e. The van der Waals surface area contributed by atoms with Crippen LogP contribution in [0.25, 0.3) is 6.08 Å². The van der Waals surface area contributed by atoms with Crippen molar-refractivity contribution in [1.29, 1.82) is 5.26 Å². The fourth-order valence-electron chi connectivity index (χ4n) is 4.91. The molecule has 0 atom stereocenters. The van der Waals surface area contributed by atoms with Crippen LogP contribution in [-0.2, 0) is 24.3 Å². The molecular weight excluding hydrogens is 597 g/mol. The lowest BCUT2D eigenvalue weighted by Crippen LogP contribution is -2.30. The highest BCUT2D eigenvalue weighted by atomic mass is 32.2. The lowest BCUT2D eigenvalue weighted by molar-refractivity contribution is -0.122. The van der Waals surface area contributed by atoms with E-state index < -0.39 is 0 Å². The number of amides is 1. The smallest absolute Gasteiger partial charge is 0.270 e. The normalized spacial score (nSPS) is 13.7. The van der Waals surface area contributed by atoms with Crippen LogP contribution in [0.1, 0.15) is 47.6 Å². The maximum atomic E-state index is 13.6. The summed E-state index contributed by atoms with van der Waals surface area (Å²) in [6.07, 6.45) is 3.94. The first kappa shape index (κ1) is 32.6. The van der Waals surface area contributed by atoms with Gasteiger partial charge >= 0.3 is 0 Å². The van der Waals surface area contributed by atoms with Crippen LogP contribution in [0.5, 0.6) is 17.2 Å². The minimum Gasteiger partial charge on any atom is -0.497 e. The highest BCUT2D eigenvalue weighted by Crippen LogP contribution is 2.36. The number of unbranched alkanes of at least 4 members (excludes halogenated alkanes) is 1. The first-order valence-corrected chi connectivity index (χ1v) is 15.5. The zero-order valence-electron chi connectivity index (χ0n) is 25.6. The minimum atomic E-state index is -0.352. The molecular formula is C33H36N4O5S2. The third-order valence-electron chi connectivity index (χ3n) is 7.45. The van der Waals surface area contributed by atoms with E-state index in [4.69, 9.17) is 26.4 Å². The SMILES string of the molecule is CCCCn1c(NCc2ccc(OC)cc2)c(/C=C2/SC(=S)N(CCc3ccc(OC)c(OC)c3)C2=O)c(C)c(C#N)c1=O. The van der Waals surface area contributed by atoms with Gasteiger partial charge in [-0.2, -0.15) is 5.26 Å². The Morgan fingerprint density at radius 1 is 1.00 bits per heavy atom. The van der Waals surface area contributed by atoms with E-state index in [-0.39, 0.29) is 17.0 Å². The number of aromatic nitrogens is 1. The predicted octanol–water partition coefficient (Wildman–Crippen LogP) is 5.91. The van der Waals surface area contributed by atoms with Gasteiger partial charge in [0.2, 0.25) is 0 Å². The molecule has 230 valence electrons. The van der Waals surface area contributed by atoms with Gasteiger partial charge in [0.15, 0.2) is 11.5 Å². The van der Waals surface area contributed by atoms with Gasteiger partial charge in [-0.1, -0.05) is 55.5 Å². The maximum absolute atomic E-state index is 13.6. The van der Waals surface area contributed by atoms with Crippen molar-refractivity contribution in [1.82, 2.24) is 9.47 Å². The Kier molecular flexibility index (Phi) is 11.1. The van der Waals surface area contributed by atoms with Crippen LogP contribution in [-0.4, -0.2) is 47.6 Å². The number of benzene rings is 2. The highest BCUT2D eigenvalue weighted by Gasteiger charge is 2.32. The van der Waals surface area contributed by atoms with Crippen LogP contribution in [0.2, 0.25) is 0 Å². The first-order chi connectivity index (χ1) is 21.3. The summed E-state index contributed by atoms with van der Waals surface area (Å²) in [5.41, 5.74) is 2.80. The molecule has 1 N–H and O–H groups in total. The number of methoxy groups -OCH3 is 3. The Morgan fingerprint density at radius 2 is 1.70 bits per heavy atom. The molecule has 1 aromatic heterocycles. The first-order valence-electron chi connectivity index (χ1n) is 14.3. The van der Waals surface area contributed by atoms with Crippen molar-refractivity contribution in [3.8, 4) is 23.3 Å². The van der Waals surface area contributed by atoms with Crippen LogP contribution in [0, 0.1) is 18.3 Å². The molecule has 0 unspecified atom stereocenters. The van der Waals surface area contributed by atoms with Crippen LogP contribution < -0.4 is 25.1 Å². The second-order valence-corrected chi connectivity index (χ2v) is 11.8. The summed E-state index contributed by atoms with van der Waals surface area (Å²) in [6.45, 7) is 5.03. The Hall–Kier alpha value is -4.27. The molecule has 44 heavy (non-hydrogen) atoms. The molecule has 0 bridgehead atoms. The summed E-state index contributed by atoms with van der Waals surface area (Å²) in [4.78, 5) is 29.1. The van der Waals surface area contributed by atoms with Gasteiger partial charge in [-0.25, -0.2) is 0 Å². The summed E-state index contributed by atoms with van der Waals surface area (Å²) in [6, 6.07) is 15.4. The number of anilines is 1. The van der Waals surface area contributed by atoms with Crippen molar-refractivity contribution in [3.63, 3.8) is 0 Å². The molecule has 0 aliphatic carbocycles. The number of carbonyl (C=O) groups is 1. The molecule has 4 rings (SSSR count). The molecule has 1 aliphatic heterocycles. The number of rotatable bonds is 13. The number of hydrogen-bond acceptors (Lipinski definition) is 9. The average Bonchev–Trinajstić information content (AvgIpc) is 3.31. The number of nitrogens with one attached hydrogen (secondary N) is 1. The van der Waals surface area contributed by atoms with Crippen molar-refractivity contribution in [2.45, 2.75) is 46.2 Å². The number of nitrogens with zero attached hydrogens (tertiary/aromatic N) is 3. The molecule has 1 amide bonds. The van der Waals surface area contributed by atoms with Gasteiger partial charge in [-0.05, 0) is 66.8 Å². The van der Waals surface area contributed by atoms with Crippen molar-refractivity contribution in [3.05, 3.63) is 85.5 Å². The van der Waals surface area contributed by atoms with E-state index in [0.717, 1.165) is 29.7 Å². The van der Waals surface area contributed by atoms with Gasteiger partial charge < -0.3 is 19.5 Å². The van der Waals surface area contributed by atoms with Crippen molar-refractivity contribution >= 4 is 46.1 Å². The zero-order valence-corrected chi connectivity index (χ0v) is 27.2. The molecule has 11 heteroatoms. The Bertz CT molecular complexity index is 1680. The third kappa shape index (κ3) is 7.09. The molecule has 1 fully saturated rings. The molecule has 2 aromatic carbocycles. The molecule has 0 saturated carbocycles. The van der Waals surface area contributed by atoms with Crippen LogP contribution in [0.3, 0.4) is 0 Å². The number of ether oxygens (including phenoxy) is 3. The summed E-state index contributed by atoms with van der Waals surface area (Å²) >= 11 is 6.83. The van der Waals surface area contributed by atoms with E-state index >= 15 is 0 Å². The number of pyridine rings is 1. The fraction of sp³-hybridized carbons (Fsp3) is 0.333. The van der Waals surface area contributed by atoms with Gasteiger partial charge in [-0.15, -0.1) is 0 Å². The molecule has 2 heterocycles. The van der Waals surface area contributed by atoms with Crippen LogP contribution >= 0.6 is 24.0 Å². The number of thiocarbonyl (C=S) groups is 1. The fourth-order valence-corrected chi connectivity index (χ4v) is 6.20. The second-order valence-electron chi connectivity index (χ2n) is 10.2. The van der Waals surface area contributed by atoms with Gasteiger partial charge in [0, 0.05) is 25.2 Å². The third-order valence-corrected chi connectivity index (χ3v) is 8.83.